The molecule has 0 aliphatic carbocycles. The monoisotopic (exact) mass is 298 g/mol. The van der Waals surface area contributed by atoms with Gasteiger partial charge in [0.2, 0.25) is 10.0 Å². The molecule has 0 amide bonds. The molecule has 0 spiro atoms. The number of primary sulfonamides is 1. The molecule has 2 aromatic rings. The van der Waals surface area contributed by atoms with Crippen LogP contribution >= 0.6 is 11.8 Å². The molecular formula is C13H18N2O2S2. The van der Waals surface area contributed by atoms with Gasteiger partial charge in [0, 0.05) is 28.9 Å². The van der Waals surface area contributed by atoms with E-state index in [2.05, 4.69) is 6.92 Å². The highest BCUT2D eigenvalue weighted by atomic mass is 32.2. The highest BCUT2D eigenvalue weighted by Crippen LogP contribution is 2.29. The van der Waals surface area contributed by atoms with Crippen LogP contribution in [-0.4, -0.2) is 24.5 Å². The lowest BCUT2D eigenvalue weighted by atomic mass is 10.2. The maximum absolute atomic E-state index is 11.8. The van der Waals surface area contributed by atoms with Gasteiger partial charge < -0.3 is 4.57 Å². The van der Waals surface area contributed by atoms with Crippen LogP contribution in [0.5, 0.6) is 0 Å². The zero-order valence-electron chi connectivity index (χ0n) is 11.1. The average molecular weight is 298 g/mol. The van der Waals surface area contributed by atoms with Gasteiger partial charge in [-0.1, -0.05) is 25.1 Å². The number of hydrogen-bond acceptors (Lipinski definition) is 3. The van der Waals surface area contributed by atoms with E-state index in [-0.39, 0.29) is 4.90 Å². The minimum Gasteiger partial charge on any atom is -0.343 e. The highest BCUT2D eigenvalue weighted by Gasteiger charge is 2.21. The molecule has 1 aromatic carbocycles. The maximum atomic E-state index is 11.8. The molecule has 0 saturated carbocycles. The standard InChI is InChI=1S/C13H18N2O2S2/c1-3-18-9-8-15-10(2)13(19(14,16)17)11-6-4-5-7-12(11)15/h4-7H,3,8-9H2,1-2H3,(H2,14,16,17). The molecule has 4 nitrogen and oxygen atoms in total. The van der Waals surface area contributed by atoms with Crippen molar-refractivity contribution in [1.29, 1.82) is 0 Å². The summed E-state index contributed by atoms with van der Waals surface area (Å²) in [6.45, 7) is 4.72. The van der Waals surface area contributed by atoms with Gasteiger partial charge in [-0.3, -0.25) is 0 Å². The summed E-state index contributed by atoms with van der Waals surface area (Å²) in [5.41, 5.74) is 1.65. The van der Waals surface area contributed by atoms with Crippen molar-refractivity contribution in [2.45, 2.75) is 25.3 Å². The Balaban J connectivity index is 2.61. The first-order chi connectivity index (χ1) is 8.96. The van der Waals surface area contributed by atoms with E-state index in [0.29, 0.717) is 5.39 Å². The van der Waals surface area contributed by atoms with Crippen LogP contribution in [0.25, 0.3) is 10.9 Å². The molecule has 0 fully saturated rings. The molecule has 0 bridgehead atoms. The van der Waals surface area contributed by atoms with Gasteiger partial charge in [-0.15, -0.1) is 0 Å². The van der Waals surface area contributed by atoms with Crippen LogP contribution in [0.1, 0.15) is 12.6 Å². The van der Waals surface area contributed by atoms with E-state index in [1.54, 1.807) is 0 Å². The highest BCUT2D eigenvalue weighted by molar-refractivity contribution is 7.99. The Labute approximate surface area is 118 Å². The zero-order chi connectivity index (χ0) is 14.0. The Morgan fingerprint density at radius 2 is 2.00 bits per heavy atom. The summed E-state index contributed by atoms with van der Waals surface area (Å²) in [5.74, 6) is 2.01. The summed E-state index contributed by atoms with van der Waals surface area (Å²) in [7, 11) is -3.70. The van der Waals surface area contributed by atoms with Crippen molar-refractivity contribution >= 4 is 32.7 Å². The molecule has 1 aromatic heterocycles. The smallest absolute Gasteiger partial charge is 0.240 e. The fourth-order valence-corrected chi connectivity index (χ4v) is 3.95. The second kappa shape index (κ2) is 5.56. The van der Waals surface area contributed by atoms with Crippen LogP contribution in [0, 0.1) is 6.92 Å². The fraction of sp³-hybridized carbons (Fsp3) is 0.385. The van der Waals surface area contributed by atoms with Gasteiger partial charge in [0.05, 0.1) is 0 Å². The van der Waals surface area contributed by atoms with Crippen LogP contribution in [0.2, 0.25) is 0 Å². The molecule has 0 aliphatic heterocycles. The normalized spacial score (nSPS) is 12.2. The second-order valence-electron chi connectivity index (χ2n) is 4.33. The Bertz CT molecular complexity index is 690. The Hall–Kier alpha value is -0.980. The lowest BCUT2D eigenvalue weighted by Crippen LogP contribution is -2.14. The molecule has 0 atom stereocenters. The van der Waals surface area contributed by atoms with E-state index in [4.69, 9.17) is 5.14 Å². The fourth-order valence-electron chi connectivity index (χ4n) is 2.35. The first-order valence-corrected chi connectivity index (χ1v) is 8.85. The van der Waals surface area contributed by atoms with E-state index in [1.165, 1.54) is 0 Å². The largest absolute Gasteiger partial charge is 0.343 e. The van der Waals surface area contributed by atoms with Crippen molar-refractivity contribution in [1.82, 2.24) is 4.57 Å². The van der Waals surface area contributed by atoms with Gasteiger partial charge in [0.25, 0.3) is 0 Å². The molecule has 104 valence electrons. The molecular weight excluding hydrogens is 280 g/mol. The number of thioether (sulfide) groups is 1. The number of sulfonamides is 1. The summed E-state index contributed by atoms with van der Waals surface area (Å²) in [6, 6.07) is 7.50. The van der Waals surface area contributed by atoms with Gasteiger partial charge >= 0.3 is 0 Å². The first-order valence-electron chi connectivity index (χ1n) is 6.15. The third kappa shape index (κ3) is 2.80. The number of fused-ring (bicyclic) bond motifs is 1. The van der Waals surface area contributed by atoms with Crippen molar-refractivity contribution in [3.8, 4) is 0 Å². The Morgan fingerprint density at radius 3 is 2.63 bits per heavy atom. The SMILES string of the molecule is CCSCCn1c(C)c(S(N)(=O)=O)c2ccccc21. The number of para-hydroxylation sites is 1. The van der Waals surface area contributed by atoms with E-state index < -0.39 is 10.0 Å². The van der Waals surface area contributed by atoms with E-state index in [1.807, 2.05) is 47.5 Å². The van der Waals surface area contributed by atoms with Crippen LogP contribution in [0.4, 0.5) is 0 Å². The third-order valence-electron chi connectivity index (χ3n) is 3.12. The summed E-state index contributed by atoms with van der Waals surface area (Å²) < 4.78 is 25.6. The van der Waals surface area contributed by atoms with Crippen molar-refractivity contribution in [2.24, 2.45) is 5.14 Å². The first kappa shape index (κ1) is 14.4. The number of nitrogens with two attached hydrogens (primary N) is 1. The number of benzene rings is 1. The lowest BCUT2D eigenvalue weighted by Gasteiger charge is -2.07. The molecule has 0 aliphatic rings. The molecule has 2 N–H and O–H groups in total. The van der Waals surface area contributed by atoms with E-state index >= 15 is 0 Å². The van der Waals surface area contributed by atoms with Crippen LogP contribution in [0.15, 0.2) is 29.2 Å². The zero-order valence-corrected chi connectivity index (χ0v) is 12.7. The molecule has 0 unspecified atom stereocenters. The number of rotatable bonds is 5. The topological polar surface area (TPSA) is 65.1 Å². The Kier molecular flexibility index (Phi) is 4.23. The number of aromatic nitrogens is 1. The molecule has 0 saturated heterocycles. The third-order valence-corrected chi connectivity index (χ3v) is 5.08. The predicted molar refractivity (Wildman–Crippen MR) is 81.0 cm³/mol. The number of aryl methyl sites for hydroxylation is 1. The Morgan fingerprint density at radius 1 is 1.32 bits per heavy atom. The summed E-state index contributed by atoms with van der Waals surface area (Å²) >= 11 is 1.84. The van der Waals surface area contributed by atoms with Crippen molar-refractivity contribution in [2.75, 3.05) is 11.5 Å². The van der Waals surface area contributed by atoms with Crippen LogP contribution < -0.4 is 5.14 Å². The number of hydrogen-bond donors (Lipinski definition) is 1. The quantitative estimate of drug-likeness (QED) is 0.862. The minimum absolute atomic E-state index is 0.254. The van der Waals surface area contributed by atoms with Gasteiger partial charge in [-0.2, -0.15) is 11.8 Å². The average Bonchev–Trinajstić information content (AvgIpc) is 2.62. The van der Waals surface area contributed by atoms with Gasteiger partial charge in [-0.25, -0.2) is 13.6 Å². The maximum Gasteiger partial charge on any atom is 0.240 e. The second-order valence-corrected chi connectivity index (χ2v) is 7.22. The molecule has 0 radical (unpaired) electrons. The number of nitrogens with zero attached hydrogens (tertiary/aromatic N) is 1. The minimum atomic E-state index is -3.70. The van der Waals surface area contributed by atoms with E-state index in [0.717, 1.165) is 29.3 Å². The molecule has 6 heteroatoms. The van der Waals surface area contributed by atoms with Crippen LogP contribution in [-0.2, 0) is 16.6 Å². The lowest BCUT2D eigenvalue weighted by molar-refractivity contribution is 0.597. The van der Waals surface area contributed by atoms with E-state index in [9.17, 15) is 8.42 Å². The van der Waals surface area contributed by atoms with Crippen LogP contribution in [0.3, 0.4) is 0 Å². The van der Waals surface area contributed by atoms with Crippen molar-refractivity contribution < 1.29 is 8.42 Å². The molecule has 2 rings (SSSR count). The summed E-state index contributed by atoms with van der Waals surface area (Å²) in [6.07, 6.45) is 0. The van der Waals surface area contributed by atoms with Gasteiger partial charge in [0.1, 0.15) is 4.90 Å². The molecule has 19 heavy (non-hydrogen) atoms. The summed E-state index contributed by atoms with van der Waals surface area (Å²) in [5, 5.41) is 6.06. The van der Waals surface area contributed by atoms with Crippen molar-refractivity contribution in [3.05, 3.63) is 30.0 Å². The molecule has 1 heterocycles. The van der Waals surface area contributed by atoms with Gasteiger partial charge in [0.15, 0.2) is 0 Å². The van der Waals surface area contributed by atoms with Crippen molar-refractivity contribution in [3.63, 3.8) is 0 Å². The predicted octanol–water partition coefficient (Wildman–Crippen LogP) is 2.35. The summed E-state index contributed by atoms with van der Waals surface area (Å²) in [4.78, 5) is 0.254. The van der Waals surface area contributed by atoms with Gasteiger partial charge in [-0.05, 0) is 18.7 Å².